The van der Waals surface area contributed by atoms with E-state index in [1.165, 1.54) is 6.26 Å². The molecule has 0 amide bonds. The van der Waals surface area contributed by atoms with Crippen LogP contribution in [0.4, 0.5) is 0 Å². The van der Waals surface area contributed by atoms with Crippen LogP contribution in [0.15, 0.2) is 0 Å². The standard InChI is InChI=1S/C9H18N2O2S2/c1-15(12,13)9-7-14-3-2-11(9)6-8-4-10-5-8/h8-10H,2-7H2,1H3. The van der Waals surface area contributed by atoms with Crippen molar-refractivity contribution in [3.05, 3.63) is 0 Å². The van der Waals surface area contributed by atoms with Gasteiger partial charge < -0.3 is 5.32 Å². The zero-order valence-electron chi connectivity index (χ0n) is 8.98. The summed E-state index contributed by atoms with van der Waals surface area (Å²) in [6, 6.07) is 0. The van der Waals surface area contributed by atoms with E-state index in [0.29, 0.717) is 5.92 Å². The molecule has 1 N–H and O–H groups in total. The molecule has 0 aromatic rings. The summed E-state index contributed by atoms with van der Waals surface area (Å²) in [6.07, 6.45) is 1.36. The Bertz CT molecular complexity index is 314. The lowest BCUT2D eigenvalue weighted by molar-refractivity contribution is 0.190. The lowest BCUT2D eigenvalue weighted by atomic mass is 10.0. The van der Waals surface area contributed by atoms with Gasteiger partial charge in [-0.15, -0.1) is 0 Å². The maximum absolute atomic E-state index is 11.6. The average molecular weight is 250 g/mol. The van der Waals surface area contributed by atoms with Crippen molar-refractivity contribution in [2.24, 2.45) is 5.92 Å². The van der Waals surface area contributed by atoms with E-state index in [1.54, 1.807) is 11.8 Å². The fourth-order valence-electron chi connectivity index (χ4n) is 2.03. The number of nitrogens with zero attached hydrogens (tertiary/aromatic N) is 1. The molecule has 2 heterocycles. The summed E-state index contributed by atoms with van der Waals surface area (Å²) in [5.74, 6) is 2.45. The molecule has 0 saturated carbocycles. The number of hydrogen-bond donors (Lipinski definition) is 1. The molecule has 2 rings (SSSR count). The predicted molar refractivity (Wildman–Crippen MR) is 63.9 cm³/mol. The van der Waals surface area contributed by atoms with E-state index in [2.05, 4.69) is 10.2 Å². The molecule has 0 spiro atoms. The molecule has 2 aliphatic heterocycles. The Morgan fingerprint density at radius 3 is 2.73 bits per heavy atom. The third-order valence-electron chi connectivity index (χ3n) is 3.04. The molecule has 88 valence electrons. The largest absolute Gasteiger partial charge is 0.316 e. The van der Waals surface area contributed by atoms with Gasteiger partial charge in [-0.3, -0.25) is 4.90 Å². The summed E-state index contributed by atoms with van der Waals surface area (Å²) < 4.78 is 23.2. The molecule has 0 bridgehead atoms. The maximum atomic E-state index is 11.6. The zero-order valence-corrected chi connectivity index (χ0v) is 10.6. The molecule has 6 heteroatoms. The van der Waals surface area contributed by atoms with Crippen molar-refractivity contribution >= 4 is 21.6 Å². The molecule has 0 aromatic heterocycles. The van der Waals surface area contributed by atoms with Crippen molar-refractivity contribution in [2.75, 3.05) is 43.9 Å². The summed E-state index contributed by atoms with van der Waals surface area (Å²) in [6.45, 7) is 3.93. The van der Waals surface area contributed by atoms with Crippen LogP contribution in [0.3, 0.4) is 0 Å². The second kappa shape index (κ2) is 4.61. The van der Waals surface area contributed by atoms with Gasteiger partial charge in [0.25, 0.3) is 0 Å². The Kier molecular flexibility index (Phi) is 3.59. The first-order valence-corrected chi connectivity index (χ1v) is 8.39. The first-order chi connectivity index (χ1) is 7.07. The number of nitrogens with one attached hydrogen (secondary N) is 1. The van der Waals surface area contributed by atoms with E-state index in [1.807, 2.05) is 0 Å². The zero-order chi connectivity index (χ0) is 10.9. The normalized spacial score (nSPS) is 30.1. The van der Waals surface area contributed by atoms with Crippen LogP contribution in [0.25, 0.3) is 0 Å². The molecule has 1 atom stereocenters. The molecule has 2 fully saturated rings. The maximum Gasteiger partial charge on any atom is 0.164 e. The summed E-state index contributed by atoms with van der Waals surface area (Å²) in [4.78, 5) is 2.15. The summed E-state index contributed by atoms with van der Waals surface area (Å²) in [7, 11) is -2.92. The van der Waals surface area contributed by atoms with Crippen molar-refractivity contribution in [1.82, 2.24) is 10.2 Å². The molecule has 0 aliphatic carbocycles. The highest BCUT2D eigenvalue weighted by molar-refractivity contribution is 8.00. The number of thioether (sulfide) groups is 1. The molecular formula is C9H18N2O2S2. The third-order valence-corrected chi connectivity index (χ3v) is 5.73. The Hall–Kier alpha value is 0.220. The highest BCUT2D eigenvalue weighted by Crippen LogP contribution is 2.22. The Morgan fingerprint density at radius 2 is 2.20 bits per heavy atom. The van der Waals surface area contributed by atoms with Crippen LogP contribution < -0.4 is 5.32 Å². The van der Waals surface area contributed by atoms with Gasteiger partial charge in [-0.05, 0) is 5.92 Å². The summed E-state index contributed by atoms with van der Waals surface area (Å²) >= 11 is 1.75. The van der Waals surface area contributed by atoms with Crippen LogP contribution in [0, 0.1) is 5.92 Å². The minimum atomic E-state index is -2.92. The minimum absolute atomic E-state index is 0.253. The smallest absolute Gasteiger partial charge is 0.164 e. The van der Waals surface area contributed by atoms with Gasteiger partial charge in [0.2, 0.25) is 0 Å². The van der Waals surface area contributed by atoms with E-state index in [9.17, 15) is 8.42 Å². The molecule has 0 aromatic carbocycles. The minimum Gasteiger partial charge on any atom is -0.316 e. The Labute approximate surface area is 95.7 Å². The fourth-order valence-corrected chi connectivity index (χ4v) is 4.98. The monoisotopic (exact) mass is 250 g/mol. The number of rotatable bonds is 3. The summed E-state index contributed by atoms with van der Waals surface area (Å²) in [5.41, 5.74) is 0. The predicted octanol–water partition coefficient (Wildman–Crippen LogP) is -0.375. The van der Waals surface area contributed by atoms with E-state index in [-0.39, 0.29) is 5.37 Å². The third kappa shape index (κ3) is 2.87. The fraction of sp³-hybridized carbons (Fsp3) is 1.00. The van der Waals surface area contributed by atoms with Gasteiger partial charge in [0.15, 0.2) is 9.84 Å². The second-order valence-electron chi connectivity index (χ2n) is 4.38. The van der Waals surface area contributed by atoms with Crippen molar-refractivity contribution in [3.63, 3.8) is 0 Å². The van der Waals surface area contributed by atoms with Crippen molar-refractivity contribution in [3.8, 4) is 0 Å². The van der Waals surface area contributed by atoms with Gasteiger partial charge in [0, 0.05) is 43.9 Å². The van der Waals surface area contributed by atoms with Gasteiger partial charge in [0.1, 0.15) is 5.37 Å². The quantitative estimate of drug-likeness (QED) is 0.740. The van der Waals surface area contributed by atoms with Gasteiger partial charge in [-0.2, -0.15) is 11.8 Å². The van der Waals surface area contributed by atoms with Crippen LogP contribution >= 0.6 is 11.8 Å². The van der Waals surface area contributed by atoms with E-state index in [4.69, 9.17) is 0 Å². The van der Waals surface area contributed by atoms with Crippen molar-refractivity contribution in [2.45, 2.75) is 5.37 Å². The summed E-state index contributed by atoms with van der Waals surface area (Å²) in [5, 5.41) is 2.97. The highest BCUT2D eigenvalue weighted by Gasteiger charge is 2.33. The molecule has 0 radical (unpaired) electrons. The molecule has 1 unspecified atom stereocenters. The Morgan fingerprint density at radius 1 is 1.47 bits per heavy atom. The topological polar surface area (TPSA) is 49.4 Å². The average Bonchev–Trinajstić information content (AvgIpc) is 2.10. The van der Waals surface area contributed by atoms with Gasteiger partial charge in [0.05, 0.1) is 0 Å². The van der Waals surface area contributed by atoms with Gasteiger partial charge in [-0.25, -0.2) is 8.42 Å². The molecule has 15 heavy (non-hydrogen) atoms. The van der Waals surface area contributed by atoms with E-state index >= 15 is 0 Å². The van der Waals surface area contributed by atoms with Crippen LogP contribution in [0.5, 0.6) is 0 Å². The van der Waals surface area contributed by atoms with Crippen LogP contribution in [-0.4, -0.2) is 62.6 Å². The number of hydrogen-bond acceptors (Lipinski definition) is 5. The first-order valence-electron chi connectivity index (χ1n) is 5.29. The molecule has 4 nitrogen and oxygen atoms in total. The Balaban J connectivity index is 1.98. The van der Waals surface area contributed by atoms with Gasteiger partial charge >= 0.3 is 0 Å². The van der Waals surface area contributed by atoms with Crippen molar-refractivity contribution < 1.29 is 8.42 Å². The SMILES string of the molecule is CS(=O)(=O)C1CSCCN1CC1CNC1. The lowest BCUT2D eigenvalue weighted by Crippen LogP contribution is -2.54. The molecule has 2 aliphatic rings. The first kappa shape index (κ1) is 11.7. The molecule has 2 saturated heterocycles. The van der Waals surface area contributed by atoms with E-state index in [0.717, 1.165) is 37.7 Å². The lowest BCUT2D eigenvalue weighted by Gasteiger charge is -2.39. The van der Waals surface area contributed by atoms with Crippen molar-refractivity contribution in [1.29, 1.82) is 0 Å². The molecular weight excluding hydrogens is 232 g/mol. The van der Waals surface area contributed by atoms with E-state index < -0.39 is 9.84 Å². The second-order valence-corrected chi connectivity index (χ2v) is 7.73. The number of sulfone groups is 1. The van der Waals surface area contributed by atoms with Crippen LogP contribution in [0.1, 0.15) is 0 Å². The van der Waals surface area contributed by atoms with Crippen LogP contribution in [-0.2, 0) is 9.84 Å². The van der Waals surface area contributed by atoms with Gasteiger partial charge in [-0.1, -0.05) is 0 Å². The van der Waals surface area contributed by atoms with Crippen LogP contribution in [0.2, 0.25) is 0 Å². The highest BCUT2D eigenvalue weighted by atomic mass is 32.2.